The number of hydrogen-bond acceptors (Lipinski definition) is 3. The summed E-state index contributed by atoms with van der Waals surface area (Å²) in [6.45, 7) is 4.03. The van der Waals surface area contributed by atoms with Gasteiger partial charge in [0.15, 0.2) is 0 Å². The van der Waals surface area contributed by atoms with Gasteiger partial charge in [-0.2, -0.15) is 0 Å². The van der Waals surface area contributed by atoms with Gasteiger partial charge in [0.05, 0.1) is 17.6 Å². The molecule has 0 unspecified atom stereocenters. The van der Waals surface area contributed by atoms with Gasteiger partial charge in [-0.3, -0.25) is 4.79 Å². The van der Waals surface area contributed by atoms with E-state index in [1.807, 2.05) is 66.7 Å². The molecule has 0 aliphatic rings. The van der Waals surface area contributed by atoms with Crippen molar-refractivity contribution >= 4 is 23.0 Å². The molecule has 0 aliphatic carbocycles. The zero-order valence-electron chi connectivity index (χ0n) is 19.6. The fraction of sp³-hybridized carbons (Fsp3) is 0.241. The van der Waals surface area contributed by atoms with Crippen LogP contribution in [0.3, 0.4) is 0 Å². The van der Waals surface area contributed by atoms with Gasteiger partial charge in [-0.1, -0.05) is 61.5 Å². The molecule has 5 heteroatoms. The molecule has 0 fully saturated rings. The number of amides is 1. The number of hydrogen-bond donors (Lipinski definition) is 1. The smallest absolute Gasteiger partial charge is 0.243 e. The van der Waals surface area contributed by atoms with Crippen LogP contribution in [0.15, 0.2) is 84.9 Å². The third-order valence-electron chi connectivity index (χ3n) is 5.75. The highest BCUT2D eigenvalue weighted by atomic mass is 16.5. The van der Waals surface area contributed by atoms with Gasteiger partial charge in [0.2, 0.25) is 5.91 Å². The van der Waals surface area contributed by atoms with Gasteiger partial charge in [-0.05, 0) is 54.3 Å². The SMILES string of the molecule is CCc1ccc(OCCn2c(CCCNC(=O)/C=C/c3ccccc3)nc3ccccc32)cc1. The van der Waals surface area contributed by atoms with Crippen molar-refractivity contribution in [3.63, 3.8) is 0 Å². The predicted octanol–water partition coefficient (Wildman–Crippen LogP) is 5.44. The number of aromatic nitrogens is 2. The van der Waals surface area contributed by atoms with Gasteiger partial charge < -0.3 is 14.6 Å². The summed E-state index contributed by atoms with van der Waals surface area (Å²) in [5.41, 5.74) is 4.41. The predicted molar refractivity (Wildman–Crippen MR) is 138 cm³/mol. The van der Waals surface area contributed by atoms with E-state index in [2.05, 4.69) is 35.0 Å². The first-order valence-electron chi connectivity index (χ1n) is 11.9. The fourth-order valence-corrected chi connectivity index (χ4v) is 3.89. The normalized spacial score (nSPS) is 11.2. The summed E-state index contributed by atoms with van der Waals surface area (Å²) >= 11 is 0. The van der Waals surface area contributed by atoms with Crippen LogP contribution in [0.1, 0.15) is 30.3 Å². The highest BCUT2D eigenvalue weighted by Gasteiger charge is 2.10. The van der Waals surface area contributed by atoms with E-state index in [-0.39, 0.29) is 5.91 Å². The zero-order chi connectivity index (χ0) is 23.6. The Bertz CT molecular complexity index is 1230. The summed E-state index contributed by atoms with van der Waals surface area (Å²) in [4.78, 5) is 17.0. The molecule has 174 valence electrons. The van der Waals surface area contributed by atoms with Crippen molar-refractivity contribution < 1.29 is 9.53 Å². The first kappa shape index (κ1) is 23.3. The second kappa shape index (κ2) is 11.8. The highest BCUT2D eigenvalue weighted by Crippen LogP contribution is 2.18. The van der Waals surface area contributed by atoms with Gasteiger partial charge >= 0.3 is 0 Å². The number of imidazole rings is 1. The first-order chi connectivity index (χ1) is 16.7. The van der Waals surface area contributed by atoms with E-state index in [4.69, 9.17) is 9.72 Å². The molecule has 0 atom stereocenters. The number of carbonyl (C=O) groups is 1. The molecule has 1 aromatic heterocycles. The first-order valence-corrected chi connectivity index (χ1v) is 11.9. The van der Waals surface area contributed by atoms with Crippen LogP contribution in [0.5, 0.6) is 5.75 Å². The summed E-state index contributed by atoms with van der Waals surface area (Å²) in [7, 11) is 0. The van der Waals surface area contributed by atoms with Gasteiger partial charge in [0.25, 0.3) is 0 Å². The van der Waals surface area contributed by atoms with Gasteiger partial charge in [-0.15, -0.1) is 0 Å². The van der Waals surface area contributed by atoms with Crippen LogP contribution >= 0.6 is 0 Å². The number of aryl methyl sites for hydroxylation is 2. The Labute approximate surface area is 201 Å². The minimum Gasteiger partial charge on any atom is -0.492 e. The van der Waals surface area contributed by atoms with E-state index < -0.39 is 0 Å². The molecule has 0 radical (unpaired) electrons. The minimum absolute atomic E-state index is 0.0835. The molecular weight excluding hydrogens is 422 g/mol. The molecule has 5 nitrogen and oxygen atoms in total. The summed E-state index contributed by atoms with van der Waals surface area (Å²) in [5, 5.41) is 2.96. The number of benzene rings is 3. The number of carbonyl (C=O) groups excluding carboxylic acids is 1. The topological polar surface area (TPSA) is 56.1 Å². The number of para-hydroxylation sites is 2. The van der Waals surface area contributed by atoms with Crippen molar-refractivity contribution in [3.8, 4) is 5.75 Å². The molecule has 34 heavy (non-hydrogen) atoms. The van der Waals surface area contributed by atoms with E-state index >= 15 is 0 Å². The van der Waals surface area contributed by atoms with Crippen LogP contribution in [-0.4, -0.2) is 28.6 Å². The Morgan fingerprint density at radius 1 is 1.00 bits per heavy atom. The number of rotatable bonds is 11. The van der Waals surface area contributed by atoms with E-state index in [1.54, 1.807) is 6.08 Å². The standard InChI is InChI=1S/C29H31N3O2/c1-2-23-14-17-25(18-15-23)34-22-21-32-27-12-7-6-11-26(27)31-28(32)13-8-20-30-29(33)19-16-24-9-4-3-5-10-24/h3-7,9-12,14-19H,2,8,13,20-22H2,1H3,(H,30,33)/b19-16+. The Morgan fingerprint density at radius 2 is 1.76 bits per heavy atom. The number of nitrogens with zero attached hydrogens (tertiary/aromatic N) is 2. The van der Waals surface area contributed by atoms with E-state index in [1.165, 1.54) is 5.56 Å². The van der Waals surface area contributed by atoms with Gasteiger partial charge in [0.1, 0.15) is 18.2 Å². The third-order valence-corrected chi connectivity index (χ3v) is 5.75. The summed E-state index contributed by atoms with van der Waals surface area (Å²) in [6.07, 6.45) is 6.02. The maximum atomic E-state index is 12.1. The zero-order valence-corrected chi connectivity index (χ0v) is 19.6. The van der Waals surface area contributed by atoms with Crippen molar-refractivity contribution in [3.05, 3.63) is 102 Å². The third kappa shape index (κ3) is 6.35. The maximum Gasteiger partial charge on any atom is 0.243 e. The van der Waals surface area contributed by atoms with Crippen LogP contribution in [0.4, 0.5) is 0 Å². The molecule has 0 spiro atoms. The van der Waals surface area contributed by atoms with E-state index in [9.17, 15) is 4.79 Å². The summed E-state index contributed by atoms with van der Waals surface area (Å²) < 4.78 is 8.22. The lowest BCUT2D eigenvalue weighted by molar-refractivity contribution is -0.116. The van der Waals surface area contributed by atoms with E-state index in [0.29, 0.717) is 13.2 Å². The van der Waals surface area contributed by atoms with Crippen molar-refractivity contribution in [1.82, 2.24) is 14.9 Å². The second-order valence-electron chi connectivity index (χ2n) is 8.15. The number of nitrogens with one attached hydrogen (secondary N) is 1. The molecular formula is C29H31N3O2. The second-order valence-corrected chi connectivity index (χ2v) is 8.15. The monoisotopic (exact) mass is 453 g/mol. The number of fused-ring (bicyclic) bond motifs is 1. The van der Waals surface area contributed by atoms with Crippen LogP contribution < -0.4 is 10.1 Å². The summed E-state index contributed by atoms with van der Waals surface area (Å²) in [6, 6.07) is 26.3. The number of ether oxygens (including phenoxy) is 1. The quantitative estimate of drug-likeness (QED) is 0.243. The van der Waals surface area contributed by atoms with Crippen LogP contribution in [0.2, 0.25) is 0 Å². The molecule has 1 N–H and O–H groups in total. The van der Waals surface area contributed by atoms with Crippen molar-refractivity contribution in [2.75, 3.05) is 13.2 Å². The fourth-order valence-electron chi connectivity index (χ4n) is 3.89. The molecule has 4 aromatic rings. The molecule has 0 saturated heterocycles. The Balaban J connectivity index is 1.31. The summed E-state index contributed by atoms with van der Waals surface area (Å²) in [5.74, 6) is 1.81. The molecule has 4 rings (SSSR count). The Hall–Kier alpha value is -3.86. The molecule has 3 aromatic carbocycles. The largest absolute Gasteiger partial charge is 0.492 e. The molecule has 1 heterocycles. The van der Waals surface area contributed by atoms with Gasteiger partial charge in [-0.25, -0.2) is 4.98 Å². The van der Waals surface area contributed by atoms with Crippen molar-refractivity contribution in [1.29, 1.82) is 0 Å². The van der Waals surface area contributed by atoms with Gasteiger partial charge in [0, 0.05) is 19.0 Å². The molecule has 0 bridgehead atoms. The average molecular weight is 454 g/mol. The maximum absolute atomic E-state index is 12.1. The van der Waals surface area contributed by atoms with Crippen LogP contribution in [-0.2, 0) is 24.2 Å². The van der Waals surface area contributed by atoms with Crippen molar-refractivity contribution in [2.24, 2.45) is 0 Å². The lowest BCUT2D eigenvalue weighted by Gasteiger charge is -2.11. The average Bonchev–Trinajstić information content (AvgIpc) is 3.24. The molecule has 1 amide bonds. The molecule has 0 saturated carbocycles. The van der Waals surface area contributed by atoms with Crippen LogP contribution in [0, 0.1) is 0 Å². The molecule has 0 aliphatic heterocycles. The lowest BCUT2D eigenvalue weighted by atomic mass is 10.2. The highest BCUT2D eigenvalue weighted by molar-refractivity contribution is 5.91. The Kier molecular flexibility index (Phi) is 8.12. The lowest BCUT2D eigenvalue weighted by Crippen LogP contribution is -2.23. The minimum atomic E-state index is -0.0835. The van der Waals surface area contributed by atoms with Crippen LogP contribution in [0.25, 0.3) is 17.1 Å². The Morgan fingerprint density at radius 3 is 2.56 bits per heavy atom. The van der Waals surface area contributed by atoms with Crippen molar-refractivity contribution in [2.45, 2.75) is 32.7 Å². The van der Waals surface area contributed by atoms with E-state index in [0.717, 1.165) is 54.0 Å².